The number of rotatable bonds is 6. The number of fused-ring (bicyclic) bond motifs is 1. The number of aromatic nitrogens is 1. The summed E-state index contributed by atoms with van der Waals surface area (Å²) in [6, 6.07) is 13.9. The largest absolute Gasteiger partial charge is 0.493 e. The number of hydrogen-bond acceptors (Lipinski definition) is 2. The van der Waals surface area contributed by atoms with Crippen LogP contribution < -0.4 is 4.74 Å². The predicted octanol–water partition coefficient (Wildman–Crippen LogP) is 5.57. The van der Waals surface area contributed by atoms with Crippen LogP contribution in [0.15, 0.2) is 42.6 Å². The molecule has 0 saturated carbocycles. The van der Waals surface area contributed by atoms with Crippen LogP contribution in [0, 0.1) is 11.3 Å². The Morgan fingerprint density at radius 2 is 2.00 bits per heavy atom. The van der Waals surface area contributed by atoms with Gasteiger partial charge in [0, 0.05) is 34.2 Å². The molecule has 0 aliphatic carbocycles. The minimum atomic E-state index is 0.581. The third kappa shape index (κ3) is 3.50. The first-order valence-electron chi connectivity index (χ1n) is 8.60. The minimum absolute atomic E-state index is 0.581. The molecule has 0 spiro atoms. The van der Waals surface area contributed by atoms with Gasteiger partial charge in [0.25, 0.3) is 0 Å². The number of benzene rings is 2. The van der Waals surface area contributed by atoms with Gasteiger partial charge in [-0.25, -0.2) is 0 Å². The van der Waals surface area contributed by atoms with Gasteiger partial charge >= 0.3 is 0 Å². The van der Waals surface area contributed by atoms with E-state index in [9.17, 15) is 0 Å². The van der Waals surface area contributed by atoms with Crippen LogP contribution in [0.5, 0.6) is 5.75 Å². The van der Waals surface area contributed by atoms with Crippen molar-refractivity contribution in [3.8, 4) is 11.8 Å². The van der Waals surface area contributed by atoms with Crippen molar-refractivity contribution < 1.29 is 4.74 Å². The Bertz CT molecular complexity index is 937. The van der Waals surface area contributed by atoms with Crippen LogP contribution in [0.3, 0.4) is 0 Å². The zero-order valence-corrected chi connectivity index (χ0v) is 15.3. The summed E-state index contributed by atoms with van der Waals surface area (Å²) in [6.45, 7) is 5.68. The maximum atomic E-state index is 8.97. The van der Waals surface area contributed by atoms with Crippen molar-refractivity contribution in [2.75, 3.05) is 6.61 Å². The van der Waals surface area contributed by atoms with Gasteiger partial charge in [-0.2, -0.15) is 5.26 Å². The summed E-state index contributed by atoms with van der Waals surface area (Å²) in [5.74, 6) is 0.978. The average molecular weight is 353 g/mol. The summed E-state index contributed by atoms with van der Waals surface area (Å²) >= 11 is 6.33. The highest BCUT2D eigenvalue weighted by atomic mass is 35.5. The Morgan fingerprint density at radius 3 is 2.68 bits per heavy atom. The maximum Gasteiger partial charge on any atom is 0.123 e. The molecule has 1 aromatic heterocycles. The Kier molecular flexibility index (Phi) is 5.31. The normalized spacial score (nSPS) is 10.8. The summed E-state index contributed by atoms with van der Waals surface area (Å²) < 4.78 is 8.08. The lowest BCUT2D eigenvalue weighted by atomic mass is 10.1. The van der Waals surface area contributed by atoms with Crippen LogP contribution in [-0.4, -0.2) is 11.2 Å². The lowest BCUT2D eigenvalue weighted by Gasteiger charge is -2.13. The highest BCUT2D eigenvalue weighted by Gasteiger charge is 2.12. The molecule has 0 saturated heterocycles. The molecule has 2 aromatic carbocycles. The van der Waals surface area contributed by atoms with E-state index in [1.807, 2.05) is 6.07 Å². The van der Waals surface area contributed by atoms with E-state index in [0.29, 0.717) is 17.1 Å². The van der Waals surface area contributed by atoms with Gasteiger partial charge in [0.1, 0.15) is 5.75 Å². The zero-order chi connectivity index (χ0) is 17.8. The molecule has 25 heavy (non-hydrogen) atoms. The second-order valence-electron chi connectivity index (χ2n) is 6.04. The average Bonchev–Trinajstić information content (AvgIpc) is 3.04. The molecular formula is C21H21ClN2O. The molecule has 0 aliphatic heterocycles. The summed E-state index contributed by atoms with van der Waals surface area (Å²) in [7, 11) is 0. The highest BCUT2D eigenvalue weighted by Crippen LogP contribution is 2.30. The summed E-state index contributed by atoms with van der Waals surface area (Å²) in [5.41, 5.74) is 4.00. The van der Waals surface area contributed by atoms with Gasteiger partial charge in [-0.05, 0) is 48.7 Å². The van der Waals surface area contributed by atoms with E-state index >= 15 is 0 Å². The fourth-order valence-electron chi connectivity index (χ4n) is 3.09. The summed E-state index contributed by atoms with van der Waals surface area (Å²) in [5, 5.41) is 10.8. The molecule has 3 aromatic rings. The topological polar surface area (TPSA) is 38.0 Å². The smallest absolute Gasteiger partial charge is 0.123 e. The van der Waals surface area contributed by atoms with Crippen molar-refractivity contribution in [3.63, 3.8) is 0 Å². The molecule has 0 atom stereocenters. The van der Waals surface area contributed by atoms with Gasteiger partial charge < -0.3 is 9.30 Å². The van der Waals surface area contributed by atoms with Crippen molar-refractivity contribution in [2.24, 2.45) is 0 Å². The molecule has 3 rings (SSSR count). The maximum absolute atomic E-state index is 8.97. The highest BCUT2D eigenvalue weighted by molar-refractivity contribution is 6.31. The fourth-order valence-corrected chi connectivity index (χ4v) is 3.33. The monoisotopic (exact) mass is 352 g/mol. The van der Waals surface area contributed by atoms with Crippen LogP contribution in [0.2, 0.25) is 5.02 Å². The molecule has 1 heterocycles. The summed E-state index contributed by atoms with van der Waals surface area (Å²) in [6.07, 6.45) is 4.01. The van der Waals surface area contributed by atoms with E-state index in [-0.39, 0.29) is 0 Å². The number of halogens is 1. The van der Waals surface area contributed by atoms with Gasteiger partial charge in [-0.15, -0.1) is 0 Å². The Morgan fingerprint density at radius 1 is 1.16 bits per heavy atom. The van der Waals surface area contributed by atoms with E-state index in [1.165, 1.54) is 16.5 Å². The SMILES string of the molecule is CCCOc1ccc2c(ccn2Cc2ccc(C#N)cc2Cl)c1CC. The van der Waals surface area contributed by atoms with Crippen molar-refractivity contribution >= 4 is 22.5 Å². The van der Waals surface area contributed by atoms with E-state index in [0.717, 1.165) is 30.8 Å². The molecule has 3 nitrogen and oxygen atoms in total. The summed E-state index contributed by atoms with van der Waals surface area (Å²) in [4.78, 5) is 0. The Balaban J connectivity index is 1.97. The third-order valence-corrected chi connectivity index (χ3v) is 4.71. The van der Waals surface area contributed by atoms with E-state index in [2.05, 4.69) is 48.9 Å². The standard InChI is InChI=1S/C21H21ClN2O/c1-3-11-25-21-8-7-20-18(17(21)4-2)9-10-24(20)14-16-6-5-15(13-23)12-19(16)22/h5-10,12H,3-4,11,14H2,1-2H3. The number of nitriles is 1. The van der Waals surface area contributed by atoms with E-state index in [1.54, 1.807) is 12.1 Å². The third-order valence-electron chi connectivity index (χ3n) is 4.36. The lowest BCUT2D eigenvalue weighted by Crippen LogP contribution is -2.01. The van der Waals surface area contributed by atoms with Crippen LogP contribution in [-0.2, 0) is 13.0 Å². The van der Waals surface area contributed by atoms with E-state index < -0.39 is 0 Å². The number of hydrogen-bond donors (Lipinski definition) is 0. The van der Waals surface area contributed by atoms with Crippen molar-refractivity contribution in [3.05, 3.63) is 64.3 Å². The van der Waals surface area contributed by atoms with Crippen LogP contribution in [0.25, 0.3) is 10.9 Å². The Labute approximate surface area is 153 Å². The first kappa shape index (κ1) is 17.4. The van der Waals surface area contributed by atoms with Crippen LogP contribution in [0.1, 0.15) is 37.0 Å². The minimum Gasteiger partial charge on any atom is -0.493 e. The van der Waals surface area contributed by atoms with Gasteiger partial charge in [0.2, 0.25) is 0 Å². The second-order valence-corrected chi connectivity index (χ2v) is 6.45. The first-order chi connectivity index (χ1) is 12.2. The van der Waals surface area contributed by atoms with E-state index in [4.69, 9.17) is 21.6 Å². The molecule has 0 unspecified atom stereocenters. The quantitative estimate of drug-likeness (QED) is 0.582. The van der Waals surface area contributed by atoms with Gasteiger partial charge in [-0.3, -0.25) is 0 Å². The molecule has 0 aliphatic rings. The second kappa shape index (κ2) is 7.63. The van der Waals surface area contributed by atoms with Gasteiger partial charge in [-0.1, -0.05) is 31.5 Å². The zero-order valence-electron chi connectivity index (χ0n) is 14.6. The fraction of sp³-hybridized carbons (Fsp3) is 0.286. The predicted molar refractivity (Wildman–Crippen MR) is 102 cm³/mol. The number of nitrogens with zero attached hydrogens (tertiary/aromatic N) is 2. The van der Waals surface area contributed by atoms with Gasteiger partial charge in [0.05, 0.1) is 18.2 Å². The number of aryl methyl sites for hydroxylation is 1. The van der Waals surface area contributed by atoms with Crippen molar-refractivity contribution in [1.82, 2.24) is 4.57 Å². The molecule has 0 amide bonds. The molecule has 0 N–H and O–H groups in total. The van der Waals surface area contributed by atoms with Crippen molar-refractivity contribution in [2.45, 2.75) is 33.2 Å². The van der Waals surface area contributed by atoms with Crippen LogP contribution >= 0.6 is 11.6 Å². The van der Waals surface area contributed by atoms with Crippen molar-refractivity contribution in [1.29, 1.82) is 5.26 Å². The molecule has 0 bridgehead atoms. The molecule has 4 heteroatoms. The molecular weight excluding hydrogens is 332 g/mol. The molecule has 0 fully saturated rings. The lowest BCUT2D eigenvalue weighted by molar-refractivity contribution is 0.315. The van der Waals surface area contributed by atoms with Gasteiger partial charge in [0.15, 0.2) is 0 Å². The number of ether oxygens (including phenoxy) is 1. The molecule has 0 radical (unpaired) electrons. The first-order valence-corrected chi connectivity index (χ1v) is 8.97. The molecule has 128 valence electrons. The Hall–Kier alpha value is -2.44. The van der Waals surface area contributed by atoms with Crippen LogP contribution in [0.4, 0.5) is 0 Å².